The molecule has 0 N–H and O–H groups in total. The predicted octanol–water partition coefficient (Wildman–Crippen LogP) is 11.9. The van der Waals surface area contributed by atoms with E-state index in [-0.39, 0.29) is 18.3 Å². The van der Waals surface area contributed by atoms with Crippen LogP contribution in [0.25, 0.3) is 66.1 Å². The van der Waals surface area contributed by atoms with E-state index in [0.29, 0.717) is 6.61 Å². The van der Waals surface area contributed by atoms with Crippen LogP contribution in [-0.2, 0) is 15.7 Å². The van der Waals surface area contributed by atoms with Crippen molar-refractivity contribution in [2.24, 2.45) is 0 Å². The largest absolute Gasteiger partial charge is 0.494 e. The molecular formula is C51H45BN2O3. The molecule has 1 fully saturated rings. The van der Waals surface area contributed by atoms with E-state index in [9.17, 15) is 0 Å². The fourth-order valence-corrected chi connectivity index (χ4v) is 8.43. The minimum Gasteiger partial charge on any atom is -0.494 e. The van der Waals surface area contributed by atoms with Gasteiger partial charge in [0.25, 0.3) is 0 Å². The molecule has 0 atom stereocenters. The highest BCUT2D eigenvalue weighted by atomic mass is 16.7. The minimum absolute atomic E-state index is 0.359. The summed E-state index contributed by atoms with van der Waals surface area (Å²) in [7, 11) is -0.369. The summed E-state index contributed by atoms with van der Waals surface area (Å²) in [6, 6.07) is 59.0. The van der Waals surface area contributed by atoms with Crippen molar-refractivity contribution in [2.45, 2.75) is 51.7 Å². The van der Waals surface area contributed by atoms with Crippen LogP contribution in [0.5, 0.6) is 5.75 Å². The number of rotatable bonds is 9. The monoisotopic (exact) mass is 744 g/mol. The molecule has 6 heteroatoms. The third-order valence-corrected chi connectivity index (χ3v) is 12.2. The van der Waals surface area contributed by atoms with Gasteiger partial charge in [-0.2, -0.15) is 0 Å². The van der Waals surface area contributed by atoms with E-state index in [0.717, 1.165) is 35.4 Å². The van der Waals surface area contributed by atoms with Crippen molar-refractivity contribution in [3.63, 3.8) is 0 Å². The highest BCUT2D eigenvalue weighted by molar-refractivity contribution is 6.62. The maximum absolute atomic E-state index is 6.21. The number of hydrogen-bond donors (Lipinski definition) is 0. The summed E-state index contributed by atoms with van der Waals surface area (Å²) < 4.78 is 23.3. The Balaban J connectivity index is 0.844. The Hall–Kier alpha value is -6.08. The summed E-state index contributed by atoms with van der Waals surface area (Å²) in [4.78, 5) is 0. The Bertz CT molecular complexity index is 2830. The second-order valence-corrected chi connectivity index (χ2v) is 16.3. The van der Waals surface area contributed by atoms with Crippen molar-refractivity contribution in [3.8, 4) is 28.3 Å². The molecule has 1 saturated heterocycles. The van der Waals surface area contributed by atoms with Gasteiger partial charge in [0.1, 0.15) is 5.75 Å². The molecule has 3 heterocycles. The zero-order valence-electron chi connectivity index (χ0n) is 32.9. The normalized spacial score (nSPS) is 15.0. The molecule has 0 radical (unpaired) electrons. The Morgan fingerprint density at radius 2 is 0.947 bits per heavy atom. The van der Waals surface area contributed by atoms with Gasteiger partial charge in [-0.3, -0.25) is 0 Å². The van der Waals surface area contributed by atoms with Gasteiger partial charge in [0, 0.05) is 32.9 Å². The van der Waals surface area contributed by atoms with Crippen molar-refractivity contribution in [1.82, 2.24) is 9.13 Å². The zero-order chi connectivity index (χ0) is 38.7. The molecule has 2 aromatic heterocycles. The first-order valence-corrected chi connectivity index (χ1v) is 20.0. The van der Waals surface area contributed by atoms with Crippen LogP contribution in [-0.4, -0.2) is 34.1 Å². The van der Waals surface area contributed by atoms with Crippen molar-refractivity contribution >= 4 is 56.2 Å². The van der Waals surface area contributed by atoms with Gasteiger partial charge in [0.05, 0.1) is 39.9 Å². The van der Waals surface area contributed by atoms with Crippen LogP contribution in [0, 0.1) is 0 Å². The fourth-order valence-electron chi connectivity index (χ4n) is 8.43. The summed E-state index contributed by atoms with van der Waals surface area (Å²) >= 11 is 0. The molecule has 9 aromatic rings. The summed E-state index contributed by atoms with van der Waals surface area (Å²) in [5, 5.41) is 5.08. The van der Waals surface area contributed by atoms with Gasteiger partial charge >= 0.3 is 7.12 Å². The van der Waals surface area contributed by atoms with Gasteiger partial charge in [0.15, 0.2) is 0 Å². The second kappa shape index (κ2) is 13.8. The van der Waals surface area contributed by atoms with Gasteiger partial charge in [-0.1, -0.05) is 97.1 Å². The Labute approximate surface area is 334 Å². The van der Waals surface area contributed by atoms with E-state index in [2.05, 4.69) is 176 Å². The first kappa shape index (κ1) is 35.3. The number of benzene rings is 7. The molecule has 280 valence electrons. The molecular weight excluding hydrogens is 699 g/mol. The number of para-hydroxylation sites is 3. The lowest BCUT2D eigenvalue weighted by Crippen LogP contribution is -2.41. The molecule has 0 aliphatic carbocycles. The molecule has 0 amide bonds. The standard InChI is InChI=1S/C51H45BN2O3/c1-50(2)51(3,4)57-52(56-50)38-24-30-41(31-25-38)55-33-11-12-35-19-32-49-45(34-35)44-15-7-10-18-48(44)54(49)40-28-22-37(23-29-40)36-20-26-39(27-21-36)53-46-16-8-5-13-42(46)43-14-6-9-17-47(43)53/h5-10,13-32,34H,11-12,33H2,1-4H3. The van der Waals surface area contributed by atoms with Gasteiger partial charge in [-0.05, 0) is 129 Å². The first-order chi connectivity index (χ1) is 27.7. The third-order valence-electron chi connectivity index (χ3n) is 12.2. The number of fused-ring (bicyclic) bond motifs is 6. The van der Waals surface area contributed by atoms with Gasteiger partial charge in [0.2, 0.25) is 0 Å². The van der Waals surface area contributed by atoms with Gasteiger partial charge < -0.3 is 23.2 Å². The van der Waals surface area contributed by atoms with Crippen LogP contribution in [0.15, 0.2) is 164 Å². The maximum Gasteiger partial charge on any atom is 0.494 e. The molecule has 57 heavy (non-hydrogen) atoms. The van der Waals surface area contributed by atoms with Gasteiger partial charge in [-0.15, -0.1) is 0 Å². The Kier molecular flexibility index (Phi) is 8.58. The van der Waals surface area contributed by atoms with E-state index in [1.807, 2.05) is 24.3 Å². The SMILES string of the molecule is CC1(C)OB(c2ccc(OCCCc3ccc4c(c3)c3ccccc3n4-c3ccc(-c4ccc(-n5c6ccccc6c6ccccc65)cc4)cc3)cc2)OC1(C)C. The van der Waals surface area contributed by atoms with Gasteiger partial charge in [-0.25, -0.2) is 0 Å². The molecule has 1 aliphatic rings. The lowest BCUT2D eigenvalue weighted by atomic mass is 9.79. The zero-order valence-corrected chi connectivity index (χ0v) is 32.9. The van der Waals surface area contributed by atoms with E-state index in [1.165, 1.54) is 60.3 Å². The molecule has 0 spiro atoms. The number of nitrogens with zero attached hydrogens (tertiary/aromatic N) is 2. The summed E-state index contributed by atoms with van der Waals surface area (Å²) in [6.07, 6.45) is 1.86. The number of hydrogen-bond acceptors (Lipinski definition) is 3. The van der Waals surface area contributed by atoms with E-state index < -0.39 is 0 Å². The fraction of sp³-hybridized carbons (Fsp3) is 0.176. The smallest absolute Gasteiger partial charge is 0.494 e. The second-order valence-electron chi connectivity index (χ2n) is 16.3. The molecule has 5 nitrogen and oxygen atoms in total. The van der Waals surface area contributed by atoms with Crippen LogP contribution in [0.1, 0.15) is 39.7 Å². The molecule has 0 bridgehead atoms. The molecule has 1 aliphatic heterocycles. The third kappa shape index (κ3) is 6.21. The highest BCUT2D eigenvalue weighted by Gasteiger charge is 2.51. The number of ether oxygens (including phenoxy) is 1. The topological polar surface area (TPSA) is 37.5 Å². The van der Waals surface area contributed by atoms with Crippen LogP contribution in [0.4, 0.5) is 0 Å². The molecule has 7 aromatic carbocycles. The first-order valence-electron chi connectivity index (χ1n) is 20.0. The Morgan fingerprint density at radius 3 is 1.46 bits per heavy atom. The minimum atomic E-state index is -0.369. The van der Waals surface area contributed by atoms with Crippen molar-refractivity contribution in [3.05, 3.63) is 169 Å². The molecule has 0 unspecified atom stereocenters. The van der Waals surface area contributed by atoms with Crippen LogP contribution < -0.4 is 10.2 Å². The van der Waals surface area contributed by atoms with Crippen molar-refractivity contribution < 1.29 is 14.0 Å². The number of aromatic nitrogens is 2. The molecule has 0 saturated carbocycles. The molecule has 10 rings (SSSR count). The quantitative estimate of drug-likeness (QED) is 0.109. The highest BCUT2D eigenvalue weighted by Crippen LogP contribution is 2.37. The van der Waals surface area contributed by atoms with E-state index in [4.69, 9.17) is 14.0 Å². The summed E-state index contributed by atoms with van der Waals surface area (Å²) in [5.74, 6) is 0.858. The average Bonchev–Trinajstić information content (AvgIpc) is 3.83. The van der Waals surface area contributed by atoms with E-state index in [1.54, 1.807) is 0 Å². The predicted molar refractivity (Wildman–Crippen MR) is 237 cm³/mol. The van der Waals surface area contributed by atoms with Crippen LogP contribution >= 0.6 is 0 Å². The summed E-state index contributed by atoms with van der Waals surface area (Å²) in [5.41, 5.74) is 11.2. The Morgan fingerprint density at radius 1 is 0.491 bits per heavy atom. The number of aryl methyl sites for hydroxylation is 1. The summed E-state index contributed by atoms with van der Waals surface area (Å²) in [6.45, 7) is 8.95. The van der Waals surface area contributed by atoms with E-state index >= 15 is 0 Å². The lowest BCUT2D eigenvalue weighted by molar-refractivity contribution is 0.00578. The van der Waals surface area contributed by atoms with Crippen LogP contribution in [0.3, 0.4) is 0 Å². The van der Waals surface area contributed by atoms with Crippen LogP contribution in [0.2, 0.25) is 0 Å². The maximum atomic E-state index is 6.21. The lowest BCUT2D eigenvalue weighted by Gasteiger charge is -2.32. The average molecular weight is 745 g/mol. The van der Waals surface area contributed by atoms with Crippen molar-refractivity contribution in [1.29, 1.82) is 0 Å². The van der Waals surface area contributed by atoms with Crippen molar-refractivity contribution in [2.75, 3.05) is 6.61 Å².